The Kier molecular flexibility index (Phi) is 11.6. The average Bonchev–Trinajstić information content (AvgIpc) is 2.98. The van der Waals surface area contributed by atoms with E-state index >= 15 is 0 Å². The Hall–Kier alpha value is -3.87. The standard InChI is InChI=1S/C30H34Cl2N4O7S/c1-6-20(3)33-30(38)21(4)34(17-22-9-7-8-10-25(22)32)29(37)18-35(27-15-23(31)12-14-28(27)43-5)44(41,42)24-13-11-19(2)26(16-24)36(39)40/h7-16,20-21H,6,17-18H2,1-5H3,(H,33,38)/t20-,21+/m1/s1. The number of methoxy groups -OCH3 is 1. The van der Waals surface area contributed by atoms with Crippen LogP contribution in [0.25, 0.3) is 0 Å². The lowest BCUT2D eigenvalue weighted by molar-refractivity contribution is -0.385. The number of nitro benzene ring substituents is 1. The number of carbonyl (C=O) groups excluding carboxylic acids is 2. The van der Waals surface area contributed by atoms with Crippen LogP contribution in [0.15, 0.2) is 65.6 Å². The van der Waals surface area contributed by atoms with E-state index in [1.807, 2.05) is 13.8 Å². The number of halogens is 2. The van der Waals surface area contributed by atoms with E-state index in [4.69, 9.17) is 27.9 Å². The van der Waals surface area contributed by atoms with Crippen molar-refractivity contribution in [2.24, 2.45) is 0 Å². The number of benzene rings is 3. The molecule has 0 heterocycles. The third kappa shape index (κ3) is 7.99. The minimum atomic E-state index is -4.64. The van der Waals surface area contributed by atoms with Crippen molar-refractivity contribution in [1.29, 1.82) is 0 Å². The van der Waals surface area contributed by atoms with Gasteiger partial charge in [-0.25, -0.2) is 8.42 Å². The molecule has 0 fully saturated rings. The Morgan fingerprint density at radius 2 is 1.75 bits per heavy atom. The Bertz CT molecular complexity index is 1650. The van der Waals surface area contributed by atoms with Gasteiger partial charge in [0.1, 0.15) is 18.3 Å². The van der Waals surface area contributed by atoms with E-state index in [-0.39, 0.29) is 34.6 Å². The minimum Gasteiger partial charge on any atom is -0.495 e. The predicted molar refractivity (Wildman–Crippen MR) is 170 cm³/mol. The van der Waals surface area contributed by atoms with Gasteiger partial charge in [-0.05, 0) is 63.1 Å². The van der Waals surface area contributed by atoms with E-state index in [0.717, 1.165) is 10.4 Å². The Morgan fingerprint density at radius 3 is 2.36 bits per heavy atom. The summed E-state index contributed by atoms with van der Waals surface area (Å²) >= 11 is 12.6. The number of nitrogens with one attached hydrogen (secondary N) is 1. The zero-order valence-electron chi connectivity index (χ0n) is 24.9. The van der Waals surface area contributed by atoms with E-state index in [1.54, 1.807) is 24.3 Å². The predicted octanol–water partition coefficient (Wildman–Crippen LogP) is 5.75. The van der Waals surface area contributed by atoms with Crippen LogP contribution in [0, 0.1) is 17.0 Å². The second-order valence-electron chi connectivity index (χ2n) is 10.1. The van der Waals surface area contributed by atoms with Crippen molar-refractivity contribution in [3.63, 3.8) is 0 Å². The fourth-order valence-electron chi connectivity index (χ4n) is 4.30. The highest BCUT2D eigenvalue weighted by Crippen LogP contribution is 2.36. The number of carbonyl (C=O) groups is 2. The molecule has 2 atom stereocenters. The van der Waals surface area contributed by atoms with E-state index in [9.17, 15) is 28.1 Å². The largest absolute Gasteiger partial charge is 0.495 e. The molecule has 0 radical (unpaired) electrons. The molecule has 236 valence electrons. The summed E-state index contributed by atoms with van der Waals surface area (Å²) in [4.78, 5) is 39.1. The van der Waals surface area contributed by atoms with Crippen LogP contribution in [-0.2, 0) is 26.2 Å². The van der Waals surface area contributed by atoms with Gasteiger partial charge in [-0.3, -0.25) is 24.0 Å². The number of nitro groups is 1. The second kappa shape index (κ2) is 14.7. The van der Waals surface area contributed by atoms with Gasteiger partial charge in [0.05, 0.1) is 22.6 Å². The fraction of sp³-hybridized carbons (Fsp3) is 0.333. The number of rotatable bonds is 13. The topological polar surface area (TPSA) is 139 Å². The van der Waals surface area contributed by atoms with Crippen LogP contribution in [0.4, 0.5) is 11.4 Å². The first-order chi connectivity index (χ1) is 20.7. The lowest BCUT2D eigenvalue weighted by atomic mass is 10.1. The van der Waals surface area contributed by atoms with Gasteiger partial charge in [-0.1, -0.05) is 54.4 Å². The maximum absolute atomic E-state index is 14.2. The van der Waals surface area contributed by atoms with Crippen LogP contribution >= 0.6 is 23.2 Å². The molecule has 44 heavy (non-hydrogen) atoms. The molecule has 14 heteroatoms. The number of amides is 2. The Morgan fingerprint density at radius 1 is 1.07 bits per heavy atom. The van der Waals surface area contributed by atoms with Crippen molar-refractivity contribution in [1.82, 2.24) is 10.2 Å². The molecular formula is C30H34Cl2N4O7S. The van der Waals surface area contributed by atoms with Gasteiger partial charge in [-0.15, -0.1) is 0 Å². The summed E-state index contributed by atoms with van der Waals surface area (Å²) in [5.41, 5.74) is 0.302. The van der Waals surface area contributed by atoms with Crippen LogP contribution in [0.5, 0.6) is 5.75 Å². The number of sulfonamides is 1. The Balaban J connectivity index is 2.17. The van der Waals surface area contributed by atoms with Crippen molar-refractivity contribution < 1.29 is 27.7 Å². The summed E-state index contributed by atoms with van der Waals surface area (Å²) < 4.78 is 34.6. The highest BCUT2D eigenvalue weighted by atomic mass is 35.5. The third-order valence-corrected chi connectivity index (χ3v) is 9.48. The molecule has 0 spiro atoms. The molecule has 0 saturated carbocycles. The van der Waals surface area contributed by atoms with Gasteiger partial charge in [-0.2, -0.15) is 0 Å². The van der Waals surface area contributed by atoms with Gasteiger partial charge >= 0.3 is 0 Å². The molecule has 3 rings (SSSR count). The number of aryl methyl sites for hydroxylation is 1. The molecule has 3 aromatic rings. The van der Waals surface area contributed by atoms with Crippen LogP contribution in [0.2, 0.25) is 10.0 Å². The maximum Gasteiger partial charge on any atom is 0.273 e. The average molecular weight is 666 g/mol. The van der Waals surface area contributed by atoms with E-state index in [2.05, 4.69) is 5.32 Å². The summed E-state index contributed by atoms with van der Waals surface area (Å²) in [6.07, 6.45) is 0.653. The smallest absolute Gasteiger partial charge is 0.273 e. The number of nitrogens with zero attached hydrogens (tertiary/aromatic N) is 3. The molecule has 0 unspecified atom stereocenters. The molecule has 0 aliphatic rings. The number of hydrogen-bond donors (Lipinski definition) is 1. The fourth-order valence-corrected chi connectivity index (χ4v) is 6.10. The first kappa shape index (κ1) is 34.6. The molecule has 11 nitrogen and oxygen atoms in total. The van der Waals surface area contributed by atoms with Gasteiger partial charge in [0.25, 0.3) is 15.7 Å². The van der Waals surface area contributed by atoms with Gasteiger partial charge in [0, 0.05) is 34.3 Å². The van der Waals surface area contributed by atoms with Crippen molar-refractivity contribution in [3.05, 3.63) is 92.0 Å². The summed E-state index contributed by atoms with van der Waals surface area (Å²) in [7, 11) is -3.32. The molecule has 3 aromatic carbocycles. The van der Waals surface area contributed by atoms with Crippen LogP contribution in [-0.4, -0.2) is 55.8 Å². The molecule has 0 bridgehead atoms. The summed E-state index contributed by atoms with van der Waals surface area (Å²) in [6.45, 7) is 5.84. The highest BCUT2D eigenvalue weighted by molar-refractivity contribution is 7.92. The highest BCUT2D eigenvalue weighted by Gasteiger charge is 2.35. The van der Waals surface area contributed by atoms with E-state index in [0.29, 0.717) is 17.0 Å². The van der Waals surface area contributed by atoms with Gasteiger partial charge in [0.2, 0.25) is 11.8 Å². The van der Waals surface area contributed by atoms with E-state index < -0.39 is 49.9 Å². The van der Waals surface area contributed by atoms with Crippen molar-refractivity contribution in [2.75, 3.05) is 18.0 Å². The van der Waals surface area contributed by atoms with Crippen molar-refractivity contribution in [2.45, 2.75) is 57.6 Å². The van der Waals surface area contributed by atoms with Gasteiger partial charge in [0.15, 0.2) is 0 Å². The SMILES string of the molecule is CC[C@@H](C)NC(=O)[C@H](C)N(Cc1ccccc1Cl)C(=O)CN(c1cc(Cl)ccc1OC)S(=O)(=O)c1ccc(C)c([N+](=O)[O-])c1. The van der Waals surface area contributed by atoms with Crippen molar-refractivity contribution >= 4 is 56.4 Å². The zero-order chi connectivity index (χ0) is 32.8. The van der Waals surface area contributed by atoms with E-state index in [1.165, 1.54) is 56.2 Å². The second-order valence-corrected chi connectivity index (χ2v) is 12.8. The first-order valence-electron chi connectivity index (χ1n) is 13.7. The molecule has 1 N–H and O–H groups in total. The monoisotopic (exact) mass is 664 g/mol. The lowest BCUT2D eigenvalue weighted by Gasteiger charge is -2.33. The maximum atomic E-state index is 14.2. The van der Waals surface area contributed by atoms with Crippen LogP contribution < -0.4 is 14.4 Å². The third-order valence-electron chi connectivity index (χ3n) is 7.12. The first-order valence-corrected chi connectivity index (χ1v) is 15.8. The lowest BCUT2D eigenvalue weighted by Crippen LogP contribution is -2.52. The molecule has 0 aliphatic carbocycles. The molecule has 2 amide bonds. The minimum absolute atomic E-state index is 0.0765. The number of ether oxygens (including phenoxy) is 1. The number of hydrogen-bond acceptors (Lipinski definition) is 7. The quantitative estimate of drug-likeness (QED) is 0.181. The summed E-state index contributed by atoms with van der Waals surface area (Å²) in [5.74, 6) is -1.11. The summed E-state index contributed by atoms with van der Waals surface area (Å²) in [5, 5.41) is 15.0. The number of anilines is 1. The van der Waals surface area contributed by atoms with Crippen molar-refractivity contribution in [3.8, 4) is 5.75 Å². The zero-order valence-corrected chi connectivity index (χ0v) is 27.2. The molecule has 0 aliphatic heterocycles. The van der Waals surface area contributed by atoms with Gasteiger partial charge < -0.3 is 15.0 Å². The summed E-state index contributed by atoms with van der Waals surface area (Å²) in [6, 6.07) is 13.3. The van der Waals surface area contributed by atoms with Crippen LogP contribution in [0.1, 0.15) is 38.3 Å². The molecular weight excluding hydrogens is 631 g/mol. The Labute approximate surface area is 266 Å². The molecule has 0 saturated heterocycles. The van der Waals surface area contributed by atoms with Crippen LogP contribution in [0.3, 0.4) is 0 Å². The molecule has 0 aromatic heterocycles. The normalized spacial score (nSPS) is 12.6.